The van der Waals surface area contributed by atoms with Crippen LogP contribution in [0.25, 0.3) is 11.2 Å². The number of pyridine rings is 1. The van der Waals surface area contributed by atoms with Gasteiger partial charge in [-0.3, -0.25) is 4.79 Å². The molecule has 4 rings (SSSR count). The average molecular weight is 473 g/mol. The molecule has 0 amide bonds. The molecule has 29 heavy (non-hydrogen) atoms. The number of aromatic nitrogens is 3. The van der Waals surface area contributed by atoms with Crippen molar-refractivity contribution in [2.75, 3.05) is 0 Å². The summed E-state index contributed by atoms with van der Waals surface area (Å²) in [6.07, 6.45) is 2.08. The van der Waals surface area contributed by atoms with Crippen LogP contribution in [-0.4, -0.2) is 20.3 Å². The molecule has 146 valence electrons. The Morgan fingerprint density at radius 1 is 1.21 bits per heavy atom. The number of Topliss-reactive ketones (excluding diaryl/α,β-unsaturated/α-hetero) is 1. The second-order valence-electron chi connectivity index (χ2n) is 6.76. The van der Waals surface area contributed by atoms with Gasteiger partial charge in [-0.05, 0) is 35.9 Å². The lowest BCUT2D eigenvalue weighted by molar-refractivity contribution is 0.0993. The van der Waals surface area contributed by atoms with Crippen molar-refractivity contribution < 1.29 is 9.18 Å². The molecule has 2 heterocycles. The summed E-state index contributed by atoms with van der Waals surface area (Å²) in [6, 6.07) is 14.0. The minimum Gasteiger partial charge on any atom is -0.316 e. The van der Waals surface area contributed by atoms with Crippen LogP contribution in [0, 0.1) is 5.82 Å². The van der Waals surface area contributed by atoms with E-state index in [1.807, 2.05) is 31.3 Å². The summed E-state index contributed by atoms with van der Waals surface area (Å²) in [6.45, 7) is 0. The molecule has 2 aromatic heterocycles. The summed E-state index contributed by atoms with van der Waals surface area (Å²) in [5, 5.41) is 0.357. The minimum absolute atomic E-state index is 0.0360. The normalized spacial score (nSPS) is 11.2. The van der Waals surface area contributed by atoms with E-state index in [-0.39, 0.29) is 24.4 Å². The molecule has 0 aliphatic heterocycles. The maximum atomic E-state index is 14.1. The molecular formula is C22H16BrClFN3O. The molecule has 0 saturated heterocycles. The number of halogens is 3. The highest BCUT2D eigenvalue weighted by atomic mass is 79.9. The summed E-state index contributed by atoms with van der Waals surface area (Å²) in [7, 11) is 1.82. The van der Waals surface area contributed by atoms with Crippen molar-refractivity contribution in [3.63, 3.8) is 0 Å². The van der Waals surface area contributed by atoms with E-state index in [1.54, 1.807) is 29.0 Å². The number of nitrogens with zero attached hydrogens (tertiary/aromatic N) is 3. The van der Waals surface area contributed by atoms with Gasteiger partial charge in [0.15, 0.2) is 11.4 Å². The fourth-order valence-corrected chi connectivity index (χ4v) is 3.68. The van der Waals surface area contributed by atoms with Crippen LogP contribution in [0.15, 0.2) is 59.2 Å². The Morgan fingerprint density at radius 2 is 1.97 bits per heavy atom. The zero-order chi connectivity index (χ0) is 20.5. The second kappa shape index (κ2) is 8.05. The molecule has 0 atom stereocenters. The second-order valence-corrected chi connectivity index (χ2v) is 8.08. The highest BCUT2D eigenvalue weighted by molar-refractivity contribution is 9.10. The van der Waals surface area contributed by atoms with Gasteiger partial charge in [0.25, 0.3) is 0 Å². The van der Waals surface area contributed by atoms with E-state index in [0.717, 1.165) is 10.0 Å². The number of fused-ring (bicyclic) bond motifs is 1. The molecule has 4 nitrogen and oxygen atoms in total. The molecule has 0 radical (unpaired) electrons. The molecule has 2 aromatic carbocycles. The first kappa shape index (κ1) is 19.7. The zero-order valence-electron chi connectivity index (χ0n) is 15.5. The number of rotatable bonds is 5. The topological polar surface area (TPSA) is 47.8 Å². The van der Waals surface area contributed by atoms with Gasteiger partial charge in [0, 0.05) is 46.7 Å². The summed E-state index contributed by atoms with van der Waals surface area (Å²) < 4.78 is 16.9. The number of benzene rings is 2. The van der Waals surface area contributed by atoms with E-state index in [4.69, 9.17) is 11.6 Å². The Kier molecular flexibility index (Phi) is 5.48. The van der Waals surface area contributed by atoms with Crippen LogP contribution in [0.1, 0.15) is 27.3 Å². The summed E-state index contributed by atoms with van der Waals surface area (Å²) in [5.41, 5.74) is 3.03. The van der Waals surface area contributed by atoms with Crippen molar-refractivity contribution in [1.29, 1.82) is 0 Å². The van der Waals surface area contributed by atoms with E-state index in [1.165, 1.54) is 6.07 Å². The van der Waals surface area contributed by atoms with Gasteiger partial charge in [0.1, 0.15) is 17.2 Å². The third-order valence-electron chi connectivity index (χ3n) is 4.80. The molecule has 4 aromatic rings. The van der Waals surface area contributed by atoms with Crippen molar-refractivity contribution in [3.8, 4) is 0 Å². The maximum Gasteiger partial charge on any atom is 0.168 e. The molecule has 0 aliphatic carbocycles. The summed E-state index contributed by atoms with van der Waals surface area (Å²) >= 11 is 9.53. The fourth-order valence-electron chi connectivity index (χ4n) is 3.18. The SMILES string of the molecule is Cn1c(Cc2c(F)cccc2Cl)nc2cc(C(=O)Cc3ccc(Br)cc3)cnc21. The van der Waals surface area contributed by atoms with Gasteiger partial charge in [-0.25, -0.2) is 14.4 Å². The summed E-state index contributed by atoms with van der Waals surface area (Å²) in [4.78, 5) is 21.6. The Labute approximate surface area is 180 Å². The van der Waals surface area contributed by atoms with Crippen molar-refractivity contribution in [3.05, 3.63) is 92.6 Å². The lowest BCUT2D eigenvalue weighted by Gasteiger charge is -2.06. The van der Waals surface area contributed by atoms with Crippen LogP contribution in [0.3, 0.4) is 0 Å². The van der Waals surface area contributed by atoms with Crippen LogP contribution < -0.4 is 0 Å². The predicted octanol–water partition coefficient (Wildman–Crippen LogP) is 5.54. The van der Waals surface area contributed by atoms with E-state index in [9.17, 15) is 9.18 Å². The van der Waals surface area contributed by atoms with E-state index in [2.05, 4.69) is 25.9 Å². The first-order chi connectivity index (χ1) is 13.9. The molecular weight excluding hydrogens is 457 g/mol. The number of hydrogen-bond acceptors (Lipinski definition) is 3. The number of hydrogen-bond donors (Lipinski definition) is 0. The fraction of sp³-hybridized carbons (Fsp3) is 0.136. The number of ketones is 1. The maximum absolute atomic E-state index is 14.1. The van der Waals surface area contributed by atoms with Crippen molar-refractivity contribution in [2.45, 2.75) is 12.8 Å². The lowest BCUT2D eigenvalue weighted by atomic mass is 10.0. The van der Waals surface area contributed by atoms with Crippen LogP contribution >= 0.6 is 27.5 Å². The smallest absolute Gasteiger partial charge is 0.168 e. The van der Waals surface area contributed by atoms with Crippen molar-refractivity contribution in [2.24, 2.45) is 7.05 Å². The lowest BCUT2D eigenvalue weighted by Crippen LogP contribution is -2.04. The van der Waals surface area contributed by atoms with E-state index in [0.29, 0.717) is 33.1 Å². The molecule has 0 unspecified atom stereocenters. The zero-order valence-corrected chi connectivity index (χ0v) is 17.8. The minimum atomic E-state index is -0.372. The van der Waals surface area contributed by atoms with Gasteiger partial charge in [-0.1, -0.05) is 45.7 Å². The highest BCUT2D eigenvalue weighted by Crippen LogP contribution is 2.24. The Morgan fingerprint density at radius 3 is 2.69 bits per heavy atom. The Balaban J connectivity index is 1.63. The molecule has 0 aliphatic rings. The third kappa shape index (κ3) is 4.09. The first-order valence-electron chi connectivity index (χ1n) is 8.94. The molecule has 0 spiro atoms. The largest absolute Gasteiger partial charge is 0.316 e. The molecule has 0 N–H and O–H groups in total. The van der Waals surface area contributed by atoms with Crippen molar-refractivity contribution in [1.82, 2.24) is 14.5 Å². The van der Waals surface area contributed by atoms with Crippen LogP contribution in [0.4, 0.5) is 4.39 Å². The van der Waals surface area contributed by atoms with Gasteiger partial charge in [0.2, 0.25) is 0 Å². The molecule has 0 bridgehead atoms. The van der Waals surface area contributed by atoms with Crippen LogP contribution in [0.2, 0.25) is 5.02 Å². The monoisotopic (exact) mass is 471 g/mol. The number of aryl methyl sites for hydroxylation is 1. The van der Waals surface area contributed by atoms with E-state index >= 15 is 0 Å². The van der Waals surface area contributed by atoms with Crippen LogP contribution in [0.5, 0.6) is 0 Å². The number of carbonyl (C=O) groups excluding carboxylic acids is 1. The first-order valence-corrected chi connectivity index (χ1v) is 10.1. The average Bonchev–Trinajstić information content (AvgIpc) is 3.01. The predicted molar refractivity (Wildman–Crippen MR) is 115 cm³/mol. The molecule has 0 saturated carbocycles. The van der Waals surface area contributed by atoms with Gasteiger partial charge in [-0.2, -0.15) is 0 Å². The standard InChI is InChI=1S/C22H16BrClFN3O/c1-28-21(11-16-17(24)3-2-4-18(16)25)27-19-10-14(12-26-22(19)28)20(29)9-13-5-7-15(23)8-6-13/h2-8,10,12H,9,11H2,1H3. The quantitative estimate of drug-likeness (QED) is 0.358. The molecule has 0 fully saturated rings. The third-order valence-corrected chi connectivity index (χ3v) is 5.68. The molecule has 7 heteroatoms. The Bertz CT molecular complexity index is 1200. The number of carbonyl (C=O) groups is 1. The Hall–Kier alpha value is -2.57. The number of imidazole rings is 1. The van der Waals surface area contributed by atoms with Gasteiger partial charge < -0.3 is 4.57 Å². The van der Waals surface area contributed by atoms with E-state index < -0.39 is 0 Å². The van der Waals surface area contributed by atoms with Gasteiger partial charge in [0.05, 0.1) is 0 Å². The highest BCUT2D eigenvalue weighted by Gasteiger charge is 2.16. The van der Waals surface area contributed by atoms with Crippen molar-refractivity contribution >= 4 is 44.5 Å². The van der Waals surface area contributed by atoms with Gasteiger partial charge >= 0.3 is 0 Å². The van der Waals surface area contributed by atoms with Crippen LogP contribution in [-0.2, 0) is 19.9 Å². The van der Waals surface area contributed by atoms with Gasteiger partial charge in [-0.15, -0.1) is 0 Å². The summed E-state index contributed by atoms with van der Waals surface area (Å²) in [5.74, 6) is 0.214.